The van der Waals surface area contributed by atoms with Gasteiger partial charge in [-0.2, -0.15) is 0 Å². The average Bonchev–Trinajstić information content (AvgIpc) is 2.87. The second-order valence-corrected chi connectivity index (χ2v) is 4.91. The minimum atomic E-state index is -0.313. The van der Waals surface area contributed by atoms with Crippen molar-refractivity contribution in [1.29, 1.82) is 0 Å². The number of carbonyl (C=O) groups is 1. The number of carbonyl (C=O) groups excluding carboxylic acids is 1. The van der Waals surface area contributed by atoms with Gasteiger partial charge in [0.25, 0.3) is 5.91 Å². The highest BCUT2D eigenvalue weighted by Crippen LogP contribution is 2.16. The highest BCUT2D eigenvalue weighted by Gasteiger charge is 2.17. The van der Waals surface area contributed by atoms with Crippen LogP contribution >= 0.6 is 11.5 Å². The predicted octanol–water partition coefficient (Wildman–Crippen LogP) is 2.73. The zero-order chi connectivity index (χ0) is 13.8. The van der Waals surface area contributed by atoms with Crippen molar-refractivity contribution in [2.45, 2.75) is 26.3 Å². The Morgan fingerprint density at radius 3 is 3.00 bits per heavy atom. The zero-order valence-corrected chi connectivity index (χ0v) is 11.5. The molecule has 0 aliphatic rings. The van der Waals surface area contributed by atoms with Crippen molar-refractivity contribution in [2.24, 2.45) is 0 Å². The maximum atomic E-state index is 13.1. The van der Waals surface area contributed by atoms with Gasteiger partial charge in [-0.05, 0) is 42.6 Å². The number of aromatic nitrogens is 2. The fourth-order valence-electron chi connectivity index (χ4n) is 1.73. The van der Waals surface area contributed by atoms with E-state index in [0.717, 1.165) is 17.1 Å². The molecule has 0 unspecified atom stereocenters. The van der Waals surface area contributed by atoms with E-state index in [9.17, 15) is 9.18 Å². The summed E-state index contributed by atoms with van der Waals surface area (Å²) in [6.07, 6.45) is 0.660. The Labute approximate surface area is 114 Å². The van der Waals surface area contributed by atoms with Crippen molar-refractivity contribution in [3.63, 3.8) is 0 Å². The molecule has 1 atom stereocenters. The van der Waals surface area contributed by atoms with Crippen molar-refractivity contribution < 1.29 is 9.18 Å². The van der Waals surface area contributed by atoms with Crippen molar-refractivity contribution in [1.82, 2.24) is 14.9 Å². The summed E-state index contributed by atoms with van der Waals surface area (Å²) in [5.41, 5.74) is 1.41. The first-order valence-corrected chi connectivity index (χ1v) is 6.76. The normalized spacial score (nSPS) is 12.2. The molecule has 1 aromatic carbocycles. The topological polar surface area (TPSA) is 54.9 Å². The molecule has 0 spiro atoms. The molecular formula is C13H14FN3OS. The lowest BCUT2D eigenvalue weighted by Gasteiger charge is -2.13. The lowest BCUT2D eigenvalue weighted by Crippen LogP contribution is -2.26. The number of nitrogens with one attached hydrogen (secondary N) is 1. The Kier molecular flexibility index (Phi) is 4.21. The van der Waals surface area contributed by atoms with Gasteiger partial charge in [0.2, 0.25) is 0 Å². The van der Waals surface area contributed by atoms with Gasteiger partial charge in [-0.15, -0.1) is 5.10 Å². The first-order chi connectivity index (χ1) is 9.11. The molecule has 1 aromatic heterocycles. The largest absolute Gasteiger partial charge is 0.345 e. The summed E-state index contributed by atoms with van der Waals surface area (Å²) in [7, 11) is 0. The van der Waals surface area contributed by atoms with Gasteiger partial charge in [-0.1, -0.05) is 23.5 Å². The van der Waals surface area contributed by atoms with E-state index in [-0.39, 0.29) is 17.8 Å². The maximum Gasteiger partial charge on any atom is 0.265 e. The third-order valence-electron chi connectivity index (χ3n) is 2.79. The molecule has 0 fully saturated rings. The van der Waals surface area contributed by atoms with Crippen molar-refractivity contribution in [2.75, 3.05) is 0 Å². The molecule has 1 N–H and O–H groups in total. The molecule has 0 saturated heterocycles. The van der Waals surface area contributed by atoms with E-state index >= 15 is 0 Å². The second-order valence-electron chi connectivity index (χ2n) is 4.15. The van der Waals surface area contributed by atoms with E-state index in [1.165, 1.54) is 12.1 Å². The summed E-state index contributed by atoms with van der Waals surface area (Å²) in [4.78, 5) is 12.6. The van der Waals surface area contributed by atoms with Gasteiger partial charge in [-0.3, -0.25) is 4.79 Å². The van der Waals surface area contributed by atoms with E-state index in [1.807, 2.05) is 13.8 Å². The van der Waals surface area contributed by atoms with Crippen LogP contribution in [0, 0.1) is 5.82 Å². The molecule has 0 bridgehead atoms. The number of halogens is 1. The molecule has 1 heterocycles. The van der Waals surface area contributed by atoms with Crippen LogP contribution in [-0.4, -0.2) is 15.5 Å². The average molecular weight is 279 g/mol. The number of aryl methyl sites for hydroxylation is 1. The Hall–Kier alpha value is -1.82. The van der Waals surface area contributed by atoms with Gasteiger partial charge in [0.05, 0.1) is 11.7 Å². The van der Waals surface area contributed by atoms with Crippen LogP contribution in [-0.2, 0) is 6.42 Å². The Morgan fingerprint density at radius 1 is 1.53 bits per heavy atom. The van der Waals surface area contributed by atoms with Gasteiger partial charge >= 0.3 is 0 Å². The van der Waals surface area contributed by atoms with E-state index < -0.39 is 0 Å². The quantitative estimate of drug-likeness (QED) is 0.936. The molecule has 0 radical (unpaired) electrons. The summed E-state index contributed by atoms with van der Waals surface area (Å²) < 4.78 is 16.9. The van der Waals surface area contributed by atoms with E-state index in [0.29, 0.717) is 17.0 Å². The van der Waals surface area contributed by atoms with Gasteiger partial charge in [-0.25, -0.2) is 4.39 Å². The summed E-state index contributed by atoms with van der Waals surface area (Å²) in [6, 6.07) is 5.92. The van der Waals surface area contributed by atoms with Crippen LogP contribution < -0.4 is 5.32 Å². The molecule has 1 amide bonds. The lowest BCUT2D eigenvalue weighted by atomic mass is 10.1. The second kappa shape index (κ2) is 5.88. The van der Waals surface area contributed by atoms with Gasteiger partial charge < -0.3 is 5.32 Å². The summed E-state index contributed by atoms with van der Waals surface area (Å²) in [5, 5.41) is 6.72. The Bertz CT molecular complexity index is 585. The molecule has 2 rings (SSSR count). The fraction of sp³-hybridized carbons (Fsp3) is 0.308. The summed E-state index contributed by atoms with van der Waals surface area (Å²) in [5.74, 6) is -0.532. The standard InChI is InChI=1S/C13H14FN3OS/c1-3-11-12(19-17-16-11)13(18)15-8(2)9-5-4-6-10(14)7-9/h4-8H,3H2,1-2H3,(H,15,18)/t8-/m0/s1. The van der Waals surface area contributed by atoms with E-state index in [4.69, 9.17) is 0 Å². The van der Waals surface area contributed by atoms with Crippen molar-refractivity contribution in [3.8, 4) is 0 Å². The number of amides is 1. The van der Waals surface area contributed by atoms with Gasteiger partial charge in [0, 0.05) is 0 Å². The molecule has 4 nitrogen and oxygen atoms in total. The first-order valence-electron chi connectivity index (χ1n) is 5.99. The highest BCUT2D eigenvalue weighted by atomic mass is 32.1. The Morgan fingerprint density at radius 2 is 2.32 bits per heavy atom. The molecule has 100 valence electrons. The molecule has 6 heteroatoms. The minimum Gasteiger partial charge on any atom is -0.345 e. The zero-order valence-electron chi connectivity index (χ0n) is 10.7. The van der Waals surface area contributed by atoms with Crippen LogP contribution in [0.15, 0.2) is 24.3 Å². The summed E-state index contributed by atoms with van der Waals surface area (Å²) >= 11 is 1.08. The van der Waals surface area contributed by atoms with Crippen LogP contribution in [0.2, 0.25) is 0 Å². The molecular weight excluding hydrogens is 265 g/mol. The van der Waals surface area contributed by atoms with Crippen molar-refractivity contribution >= 4 is 17.4 Å². The van der Waals surface area contributed by atoms with E-state index in [2.05, 4.69) is 14.9 Å². The third kappa shape index (κ3) is 3.14. The van der Waals surface area contributed by atoms with E-state index in [1.54, 1.807) is 12.1 Å². The van der Waals surface area contributed by atoms with Gasteiger partial charge in [0.15, 0.2) is 0 Å². The van der Waals surface area contributed by atoms with Crippen LogP contribution in [0.5, 0.6) is 0 Å². The highest BCUT2D eigenvalue weighted by molar-refractivity contribution is 7.08. The predicted molar refractivity (Wildman–Crippen MR) is 71.6 cm³/mol. The minimum absolute atomic E-state index is 0.219. The summed E-state index contributed by atoms with van der Waals surface area (Å²) in [6.45, 7) is 3.73. The lowest BCUT2D eigenvalue weighted by molar-refractivity contribution is 0.0943. The van der Waals surface area contributed by atoms with Crippen LogP contribution in [0.1, 0.15) is 40.8 Å². The smallest absolute Gasteiger partial charge is 0.265 e. The van der Waals surface area contributed by atoms with Gasteiger partial charge in [0.1, 0.15) is 10.7 Å². The van der Waals surface area contributed by atoms with Crippen LogP contribution in [0.4, 0.5) is 4.39 Å². The molecule has 0 aliphatic heterocycles. The molecule has 0 saturated carbocycles. The number of benzene rings is 1. The number of rotatable bonds is 4. The number of hydrogen-bond acceptors (Lipinski definition) is 4. The number of nitrogens with zero attached hydrogens (tertiary/aromatic N) is 2. The van der Waals surface area contributed by atoms with Crippen LogP contribution in [0.25, 0.3) is 0 Å². The van der Waals surface area contributed by atoms with Crippen LogP contribution in [0.3, 0.4) is 0 Å². The molecule has 19 heavy (non-hydrogen) atoms. The fourth-order valence-corrected chi connectivity index (χ4v) is 2.39. The number of hydrogen-bond donors (Lipinski definition) is 1. The Balaban J connectivity index is 2.11. The third-order valence-corrected chi connectivity index (χ3v) is 3.56. The first kappa shape index (κ1) is 13.6. The molecule has 2 aromatic rings. The monoisotopic (exact) mass is 279 g/mol. The van der Waals surface area contributed by atoms with Crippen molar-refractivity contribution in [3.05, 3.63) is 46.2 Å². The maximum absolute atomic E-state index is 13.1. The SMILES string of the molecule is CCc1nnsc1C(=O)N[C@@H](C)c1cccc(F)c1. The molecule has 0 aliphatic carbocycles.